The van der Waals surface area contributed by atoms with Crippen LogP contribution in [-0.4, -0.2) is 15.0 Å². The van der Waals surface area contributed by atoms with Crippen molar-refractivity contribution in [1.29, 1.82) is 0 Å². The van der Waals surface area contributed by atoms with Gasteiger partial charge < -0.3 is 14.4 Å². The first-order valence-corrected chi connectivity index (χ1v) is 14.8. The molecule has 1 radical (unpaired) electrons. The molecular formula is C37H33IrN3OS-2. The summed E-state index contributed by atoms with van der Waals surface area (Å²) < 4.78 is 24.9. The van der Waals surface area contributed by atoms with E-state index in [1.807, 2.05) is 108 Å². The van der Waals surface area contributed by atoms with Gasteiger partial charge in [-0.25, -0.2) is 4.98 Å². The van der Waals surface area contributed by atoms with Gasteiger partial charge in [0.25, 0.3) is 0 Å². The number of fused-ring (bicyclic) bond motifs is 4. The topological polar surface area (TPSA) is 51.8 Å². The van der Waals surface area contributed by atoms with Gasteiger partial charge in [-0.2, -0.15) is 0 Å². The van der Waals surface area contributed by atoms with Gasteiger partial charge in [0.1, 0.15) is 0 Å². The molecule has 5 aromatic heterocycles. The van der Waals surface area contributed by atoms with Crippen molar-refractivity contribution >= 4 is 43.5 Å². The van der Waals surface area contributed by atoms with Crippen LogP contribution < -0.4 is 0 Å². The maximum atomic E-state index is 8.88. The summed E-state index contributed by atoms with van der Waals surface area (Å²) >= 11 is 1.58. The predicted octanol–water partition coefficient (Wildman–Crippen LogP) is 10.1. The van der Waals surface area contributed by atoms with Crippen LogP contribution in [0.25, 0.3) is 54.7 Å². The van der Waals surface area contributed by atoms with Crippen LogP contribution in [0, 0.1) is 38.3 Å². The number of nitrogens with zero attached hydrogens (tertiary/aromatic N) is 3. The SMILES string of the molecule is Cc1ccc(-c2[c-]cccc2)nc1.[2H]C([2H])(c1c(C)sc2c(-c3[c-]ccc4c3oc3nc(C)ccc34)nccc12)C(C)(C)C.[Ir]. The molecule has 0 aliphatic carbocycles. The van der Waals surface area contributed by atoms with Crippen LogP contribution in [-0.2, 0) is 26.5 Å². The molecule has 0 saturated heterocycles. The zero-order valence-corrected chi connectivity index (χ0v) is 28.2. The molecule has 0 N–H and O–H groups in total. The Morgan fingerprint density at radius 2 is 1.72 bits per heavy atom. The Kier molecular flexibility index (Phi) is 8.16. The zero-order chi connectivity index (χ0) is 31.2. The molecule has 2 aromatic carbocycles. The fraction of sp³-hybridized carbons (Fsp3) is 0.216. The Balaban J connectivity index is 0.000000240. The third kappa shape index (κ3) is 6.47. The van der Waals surface area contributed by atoms with E-state index in [0.29, 0.717) is 11.3 Å². The normalized spacial score (nSPS) is 12.4. The minimum absolute atomic E-state index is 0. The van der Waals surface area contributed by atoms with Crippen LogP contribution in [0.5, 0.6) is 0 Å². The summed E-state index contributed by atoms with van der Waals surface area (Å²) in [4.78, 5) is 14.5. The summed E-state index contributed by atoms with van der Waals surface area (Å²) in [6, 6.07) is 28.2. The summed E-state index contributed by atoms with van der Waals surface area (Å²) in [7, 11) is 0. The summed E-state index contributed by atoms with van der Waals surface area (Å²) in [5.41, 5.74) is 7.18. The molecule has 43 heavy (non-hydrogen) atoms. The van der Waals surface area contributed by atoms with E-state index < -0.39 is 11.8 Å². The standard InChI is InChI=1S/C25H23N2OS.C12H10N.Ir/c1-14-9-10-18-16-7-6-8-19(22(16)28-24(18)27-14)21-23-17(11-12-26-21)20(15(2)29-23)13-25(3,4)5;1-10-7-8-12(13-9-10)11-5-3-2-4-6-11;/h6-7,9-12H,13H2,1-5H3;2-5,7-9H,1H3;/q2*-1;/i13D2;;. The van der Waals surface area contributed by atoms with Crippen molar-refractivity contribution in [2.75, 3.05) is 0 Å². The van der Waals surface area contributed by atoms with Crippen LogP contribution in [0.1, 0.15) is 45.2 Å². The maximum absolute atomic E-state index is 8.88. The fourth-order valence-corrected chi connectivity index (χ4v) is 6.02. The fourth-order valence-electron chi connectivity index (χ4n) is 4.92. The van der Waals surface area contributed by atoms with Gasteiger partial charge in [0.05, 0.1) is 5.58 Å². The molecule has 6 heteroatoms. The van der Waals surface area contributed by atoms with Crippen LogP contribution in [0.4, 0.5) is 0 Å². The number of pyridine rings is 3. The van der Waals surface area contributed by atoms with Crippen LogP contribution >= 0.6 is 11.3 Å². The minimum Gasteiger partial charge on any atom is -0.486 e. The number of aromatic nitrogens is 3. The monoisotopic (exact) mass is 762 g/mol. The number of furan rings is 1. The molecular weight excluding hydrogens is 727 g/mol. The van der Waals surface area contributed by atoms with E-state index >= 15 is 0 Å². The number of hydrogen-bond acceptors (Lipinski definition) is 5. The Hall–Kier alpha value is -3.70. The molecule has 7 aromatic rings. The second-order valence-corrected chi connectivity index (χ2v) is 12.7. The number of aryl methyl sites for hydroxylation is 3. The van der Waals surface area contributed by atoms with Crippen molar-refractivity contribution < 1.29 is 27.3 Å². The Morgan fingerprint density at radius 1 is 0.884 bits per heavy atom. The van der Waals surface area contributed by atoms with E-state index in [1.54, 1.807) is 17.5 Å². The van der Waals surface area contributed by atoms with Crippen molar-refractivity contribution in [3.8, 4) is 22.5 Å². The molecule has 4 nitrogen and oxygen atoms in total. The number of benzene rings is 2. The average molecular weight is 762 g/mol. The van der Waals surface area contributed by atoms with Gasteiger partial charge in [-0.1, -0.05) is 43.9 Å². The second kappa shape index (κ2) is 12.5. The van der Waals surface area contributed by atoms with Gasteiger partial charge in [0.2, 0.25) is 5.71 Å². The van der Waals surface area contributed by atoms with E-state index in [2.05, 4.69) is 33.2 Å². The average Bonchev–Trinajstić information content (AvgIpc) is 3.54. The first-order chi connectivity index (χ1) is 21.0. The van der Waals surface area contributed by atoms with Crippen molar-refractivity contribution in [2.24, 2.45) is 5.41 Å². The molecule has 0 saturated carbocycles. The van der Waals surface area contributed by atoms with E-state index in [1.165, 1.54) is 5.56 Å². The number of hydrogen-bond donors (Lipinski definition) is 0. The molecule has 7 rings (SSSR count). The van der Waals surface area contributed by atoms with Crippen molar-refractivity contribution in [3.63, 3.8) is 0 Å². The number of thiophene rings is 1. The van der Waals surface area contributed by atoms with Gasteiger partial charge in [0, 0.05) is 61.6 Å². The first-order valence-electron chi connectivity index (χ1n) is 14.9. The number of rotatable bonds is 3. The second-order valence-electron chi connectivity index (χ2n) is 11.4. The zero-order valence-electron chi connectivity index (χ0n) is 27.0. The molecule has 0 unspecified atom stereocenters. The van der Waals surface area contributed by atoms with E-state index in [9.17, 15) is 0 Å². The molecule has 0 fully saturated rings. The summed E-state index contributed by atoms with van der Waals surface area (Å²) in [6.45, 7) is 11.8. The van der Waals surface area contributed by atoms with Crippen LogP contribution in [0.15, 0.2) is 83.5 Å². The van der Waals surface area contributed by atoms with Crippen molar-refractivity contribution in [3.05, 3.63) is 113 Å². The van der Waals surface area contributed by atoms with E-state index in [4.69, 9.17) is 7.16 Å². The predicted molar refractivity (Wildman–Crippen MR) is 175 cm³/mol. The van der Waals surface area contributed by atoms with E-state index in [-0.39, 0.29) is 20.1 Å². The van der Waals surface area contributed by atoms with Gasteiger partial charge in [0.15, 0.2) is 0 Å². The summed E-state index contributed by atoms with van der Waals surface area (Å²) in [6.07, 6.45) is 2.14. The Labute approximate surface area is 273 Å². The van der Waals surface area contributed by atoms with Crippen LogP contribution in [0.2, 0.25) is 0 Å². The molecule has 0 aliphatic heterocycles. The molecule has 0 spiro atoms. The van der Waals surface area contributed by atoms with Crippen molar-refractivity contribution in [1.82, 2.24) is 15.0 Å². The molecule has 0 aliphatic rings. The molecule has 0 atom stereocenters. The summed E-state index contributed by atoms with van der Waals surface area (Å²) in [5.74, 6) is 0. The molecule has 0 amide bonds. The Morgan fingerprint density at radius 3 is 2.44 bits per heavy atom. The van der Waals surface area contributed by atoms with E-state index in [0.717, 1.165) is 59.5 Å². The van der Waals surface area contributed by atoms with Crippen LogP contribution in [0.3, 0.4) is 0 Å². The third-order valence-electron chi connectivity index (χ3n) is 6.85. The Bertz CT molecular complexity index is 2110. The van der Waals surface area contributed by atoms with Crippen molar-refractivity contribution in [2.45, 2.75) is 47.9 Å². The minimum atomic E-state index is -1.48. The molecule has 219 valence electrons. The largest absolute Gasteiger partial charge is 0.486 e. The van der Waals surface area contributed by atoms with Gasteiger partial charge in [-0.3, -0.25) is 0 Å². The van der Waals surface area contributed by atoms with Gasteiger partial charge in [-0.05, 0) is 73.0 Å². The van der Waals surface area contributed by atoms with Gasteiger partial charge >= 0.3 is 0 Å². The smallest absolute Gasteiger partial charge is 0.216 e. The first kappa shape index (κ1) is 28.1. The third-order valence-corrected chi connectivity index (χ3v) is 7.98. The maximum Gasteiger partial charge on any atom is 0.216 e. The summed E-state index contributed by atoms with van der Waals surface area (Å²) in [5, 5.41) is 2.85. The molecule has 0 bridgehead atoms. The quantitative estimate of drug-likeness (QED) is 0.168. The van der Waals surface area contributed by atoms with Gasteiger partial charge in [-0.15, -0.1) is 65.4 Å². The molecule has 5 heterocycles.